The van der Waals surface area contributed by atoms with Crippen molar-refractivity contribution >= 4 is 5.96 Å². The molecule has 0 amide bonds. The Bertz CT molecular complexity index is 737. The van der Waals surface area contributed by atoms with Gasteiger partial charge in [0.15, 0.2) is 17.5 Å². The monoisotopic (exact) mass is 351 g/mol. The molecule has 0 aliphatic rings. The summed E-state index contributed by atoms with van der Waals surface area (Å²) >= 11 is 0. The maximum Gasteiger partial charge on any atom is 0.191 e. The zero-order valence-electron chi connectivity index (χ0n) is 14.0. The molecule has 0 spiro atoms. The molecule has 134 valence electrons. The molecule has 1 atom stereocenters. The molecule has 0 radical (unpaired) electrons. The molecule has 2 aromatic rings. The van der Waals surface area contributed by atoms with Crippen LogP contribution in [0.25, 0.3) is 0 Å². The zero-order chi connectivity index (χ0) is 18.2. The van der Waals surface area contributed by atoms with Gasteiger partial charge in [-0.05, 0) is 37.3 Å². The minimum absolute atomic E-state index is 0.0752. The molecule has 0 fully saturated rings. The second-order valence-electron chi connectivity index (χ2n) is 5.40. The Labute approximate surface area is 144 Å². The second-order valence-corrected chi connectivity index (χ2v) is 5.40. The van der Waals surface area contributed by atoms with Crippen LogP contribution in [0, 0.1) is 17.5 Å². The highest BCUT2D eigenvalue weighted by molar-refractivity contribution is 5.79. The van der Waals surface area contributed by atoms with E-state index in [1.54, 1.807) is 32.2 Å². The smallest absolute Gasteiger partial charge is 0.191 e. The number of aliphatic imine (C=N–C) groups is 1. The normalized spacial score (nSPS) is 12.6. The Morgan fingerprint density at radius 3 is 2.56 bits per heavy atom. The van der Waals surface area contributed by atoms with Crippen LogP contribution in [0.3, 0.4) is 0 Å². The van der Waals surface area contributed by atoms with Crippen LogP contribution in [0.2, 0.25) is 0 Å². The van der Waals surface area contributed by atoms with Gasteiger partial charge in [-0.15, -0.1) is 0 Å². The van der Waals surface area contributed by atoms with E-state index in [9.17, 15) is 13.2 Å². The summed E-state index contributed by atoms with van der Waals surface area (Å²) in [5.74, 6) is -0.874. The van der Waals surface area contributed by atoms with Crippen molar-refractivity contribution in [3.05, 3.63) is 65.5 Å². The molecule has 2 rings (SSSR count). The van der Waals surface area contributed by atoms with Crippen LogP contribution in [0.15, 0.2) is 47.5 Å². The number of nitrogens with zero attached hydrogens (tertiary/aromatic N) is 1. The fraction of sp³-hybridized carbons (Fsp3) is 0.278. The molecule has 7 heteroatoms. The van der Waals surface area contributed by atoms with E-state index in [1.807, 2.05) is 0 Å². The number of benzene rings is 2. The Kier molecular flexibility index (Phi) is 6.68. The predicted molar refractivity (Wildman–Crippen MR) is 91.0 cm³/mol. The molecule has 2 N–H and O–H groups in total. The van der Waals surface area contributed by atoms with Crippen LogP contribution in [-0.2, 0) is 6.54 Å². The minimum Gasteiger partial charge on any atom is -0.486 e. The molecule has 1 unspecified atom stereocenters. The fourth-order valence-electron chi connectivity index (χ4n) is 2.12. The van der Waals surface area contributed by atoms with Gasteiger partial charge in [-0.1, -0.05) is 12.1 Å². The van der Waals surface area contributed by atoms with Gasteiger partial charge in [0, 0.05) is 19.2 Å². The maximum atomic E-state index is 13.6. The SMILES string of the molecule is CN=C(NCc1cc(F)ccc1F)NCC(C)Oc1ccccc1F. The first-order valence-electron chi connectivity index (χ1n) is 7.79. The second kappa shape index (κ2) is 8.96. The van der Waals surface area contributed by atoms with E-state index >= 15 is 0 Å². The largest absolute Gasteiger partial charge is 0.486 e. The lowest BCUT2D eigenvalue weighted by atomic mass is 10.2. The lowest BCUT2D eigenvalue weighted by Gasteiger charge is -2.18. The third-order valence-electron chi connectivity index (χ3n) is 3.40. The van der Waals surface area contributed by atoms with E-state index in [1.165, 1.54) is 6.07 Å². The number of hydrogen-bond donors (Lipinski definition) is 2. The lowest BCUT2D eigenvalue weighted by molar-refractivity contribution is 0.214. The Balaban J connectivity index is 1.84. The van der Waals surface area contributed by atoms with E-state index in [0.717, 1.165) is 18.2 Å². The zero-order valence-corrected chi connectivity index (χ0v) is 14.0. The van der Waals surface area contributed by atoms with Gasteiger partial charge >= 0.3 is 0 Å². The molecule has 0 heterocycles. The highest BCUT2D eigenvalue weighted by Gasteiger charge is 2.09. The first-order valence-corrected chi connectivity index (χ1v) is 7.79. The van der Waals surface area contributed by atoms with Crippen molar-refractivity contribution in [3.63, 3.8) is 0 Å². The number of nitrogens with one attached hydrogen (secondary N) is 2. The van der Waals surface area contributed by atoms with Gasteiger partial charge in [0.25, 0.3) is 0 Å². The molecule has 25 heavy (non-hydrogen) atoms. The Morgan fingerprint density at radius 1 is 1.08 bits per heavy atom. The summed E-state index contributed by atoms with van der Waals surface area (Å²) in [6, 6.07) is 9.41. The molecule has 0 saturated heterocycles. The van der Waals surface area contributed by atoms with Gasteiger partial charge in [0.05, 0.1) is 6.54 Å². The van der Waals surface area contributed by atoms with Crippen LogP contribution in [0.5, 0.6) is 5.75 Å². The van der Waals surface area contributed by atoms with Crippen molar-refractivity contribution in [1.82, 2.24) is 10.6 Å². The number of hydrogen-bond acceptors (Lipinski definition) is 2. The van der Waals surface area contributed by atoms with Crippen molar-refractivity contribution in [1.29, 1.82) is 0 Å². The highest BCUT2D eigenvalue weighted by atomic mass is 19.1. The quantitative estimate of drug-likeness (QED) is 0.620. The van der Waals surface area contributed by atoms with Crippen LogP contribution in [0.4, 0.5) is 13.2 Å². The van der Waals surface area contributed by atoms with Gasteiger partial charge in [-0.2, -0.15) is 0 Å². The Hall–Kier alpha value is -2.70. The average molecular weight is 351 g/mol. The predicted octanol–water partition coefficient (Wildman–Crippen LogP) is 3.24. The third-order valence-corrected chi connectivity index (χ3v) is 3.40. The van der Waals surface area contributed by atoms with Gasteiger partial charge < -0.3 is 15.4 Å². The Morgan fingerprint density at radius 2 is 1.84 bits per heavy atom. The molecule has 0 aromatic heterocycles. The van der Waals surface area contributed by atoms with Gasteiger partial charge in [-0.3, -0.25) is 4.99 Å². The van der Waals surface area contributed by atoms with Crippen LogP contribution in [-0.4, -0.2) is 25.7 Å². The lowest BCUT2D eigenvalue weighted by Crippen LogP contribution is -2.41. The summed E-state index contributed by atoms with van der Waals surface area (Å²) in [5.41, 5.74) is 0.193. The number of ether oxygens (including phenoxy) is 1. The topological polar surface area (TPSA) is 45.7 Å². The van der Waals surface area contributed by atoms with Gasteiger partial charge in [0.2, 0.25) is 0 Å². The number of rotatable bonds is 6. The van der Waals surface area contributed by atoms with Gasteiger partial charge in [0.1, 0.15) is 17.7 Å². The van der Waals surface area contributed by atoms with Crippen LogP contribution in [0.1, 0.15) is 12.5 Å². The first-order chi connectivity index (χ1) is 12.0. The van der Waals surface area contributed by atoms with Crippen molar-refractivity contribution in [2.24, 2.45) is 4.99 Å². The molecule has 0 aliphatic carbocycles. The summed E-state index contributed by atoms with van der Waals surface area (Å²) in [6.45, 7) is 2.20. The van der Waals surface area contributed by atoms with Crippen LogP contribution >= 0.6 is 0 Å². The van der Waals surface area contributed by atoms with Crippen molar-refractivity contribution in [3.8, 4) is 5.75 Å². The molecule has 0 saturated carbocycles. The summed E-state index contributed by atoms with van der Waals surface area (Å²) in [7, 11) is 1.56. The number of guanidine groups is 1. The molecule has 0 aliphatic heterocycles. The highest BCUT2D eigenvalue weighted by Crippen LogP contribution is 2.16. The van der Waals surface area contributed by atoms with Crippen molar-refractivity contribution in [2.45, 2.75) is 19.6 Å². The van der Waals surface area contributed by atoms with Crippen molar-refractivity contribution in [2.75, 3.05) is 13.6 Å². The molecular formula is C18H20F3N3O. The van der Waals surface area contributed by atoms with Crippen LogP contribution < -0.4 is 15.4 Å². The third kappa shape index (κ3) is 5.70. The summed E-state index contributed by atoms with van der Waals surface area (Å²) in [4.78, 5) is 4.00. The molecule has 2 aromatic carbocycles. The molecule has 4 nitrogen and oxygen atoms in total. The standard InChI is InChI=1S/C18H20F3N3O/c1-12(25-17-6-4-3-5-16(17)21)10-23-18(22-2)24-11-13-9-14(19)7-8-15(13)20/h3-9,12H,10-11H2,1-2H3,(H2,22,23,24). The molecular weight excluding hydrogens is 331 g/mol. The minimum atomic E-state index is -0.506. The molecule has 0 bridgehead atoms. The first kappa shape index (κ1) is 18.6. The van der Waals surface area contributed by atoms with E-state index < -0.39 is 17.5 Å². The fourth-order valence-corrected chi connectivity index (χ4v) is 2.12. The van der Waals surface area contributed by atoms with E-state index in [0.29, 0.717) is 12.5 Å². The summed E-state index contributed by atoms with van der Waals surface area (Å²) < 4.78 is 45.8. The van der Waals surface area contributed by atoms with E-state index in [2.05, 4.69) is 15.6 Å². The van der Waals surface area contributed by atoms with Gasteiger partial charge in [-0.25, -0.2) is 13.2 Å². The summed E-state index contributed by atoms with van der Waals surface area (Å²) in [6.07, 6.45) is -0.332. The average Bonchev–Trinajstić information content (AvgIpc) is 2.60. The number of halogens is 3. The van der Waals surface area contributed by atoms with E-state index in [-0.39, 0.29) is 24.0 Å². The summed E-state index contributed by atoms with van der Waals surface area (Å²) in [5, 5.41) is 5.88. The van der Waals surface area contributed by atoms with Crippen molar-refractivity contribution < 1.29 is 17.9 Å². The number of para-hydroxylation sites is 1. The van der Waals surface area contributed by atoms with E-state index in [4.69, 9.17) is 4.74 Å². The maximum absolute atomic E-state index is 13.6.